The Hall–Kier alpha value is -1.82. The van der Waals surface area contributed by atoms with Crippen LogP contribution < -0.4 is 5.32 Å². The van der Waals surface area contributed by atoms with Gasteiger partial charge in [-0.1, -0.05) is 6.92 Å². The molecule has 1 aliphatic rings. The van der Waals surface area contributed by atoms with Crippen molar-refractivity contribution in [2.45, 2.75) is 26.4 Å². The molecule has 1 aliphatic heterocycles. The Morgan fingerprint density at radius 2 is 2.10 bits per heavy atom. The molecular formula is C15H15F3N2O. The first-order valence-electron chi connectivity index (χ1n) is 6.94. The van der Waals surface area contributed by atoms with Crippen LogP contribution in [-0.2, 0) is 17.8 Å². The molecule has 1 N–H and O–H groups in total. The van der Waals surface area contributed by atoms with Crippen LogP contribution in [0.2, 0.25) is 0 Å². The van der Waals surface area contributed by atoms with Gasteiger partial charge in [0.15, 0.2) is 17.5 Å². The van der Waals surface area contributed by atoms with Crippen molar-refractivity contribution in [3.05, 3.63) is 34.8 Å². The van der Waals surface area contributed by atoms with E-state index in [4.69, 9.17) is 4.74 Å². The summed E-state index contributed by atoms with van der Waals surface area (Å²) in [5, 5.41) is 3.10. The highest BCUT2D eigenvalue weighted by Crippen LogP contribution is 2.34. The Labute approximate surface area is 120 Å². The van der Waals surface area contributed by atoms with Crippen molar-refractivity contribution in [2.75, 3.05) is 18.5 Å². The molecule has 0 fully saturated rings. The van der Waals surface area contributed by atoms with E-state index < -0.39 is 17.5 Å². The lowest BCUT2D eigenvalue weighted by atomic mass is 10.0. The molecule has 1 aromatic carbocycles. The molecule has 2 aromatic rings. The van der Waals surface area contributed by atoms with Crippen molar-refractivity contribution < 1.29 is 17.9 Å². The van der Waals surface area contributed by atoms with Crippen molar-refractivity contribution in [1.82, 2.24) is 4.98 Å². The quantitative estimate of drug-likeness (QED) is 0.880. The fourth-order valence-corrected chi connectivity index (χ4v) is 2.57. The zero-order valence-electron chi connectivity index (χ0n) is 11.6. The number of hydrogen-bond donors (Lipinski definition) is 1. The second-order valence-electron chi connectivity index (χ2n) is 5.02. The van der Waals surface area contributed by atoms with Crippen LogP contribution in [-0.4, -0.2) is 18.1 Å². The summed E-state index contributed by atoms with van der Waals surface area (Å²) >= 11 is 0. The third-order valence-corrected chi connectivity index (χ3v) is 3.58. The van der Waals surface area contributed by atoms with Gasteiger partial charge >= 0.3 is 0 Å². The van der Waals surface area contributed by atoms with Crippen LogP contribution in [0.3, 0.4) is 0 Å². The topological polar surface area (TPSA) is 34.2 Å². The number of halogens is 3. The molecule has 6 heteroatoms. The van der Waals surface area contributed by atoms with Gasteiger partial charge in [-0.3, -0.25) is 4.98 Å². The second kappa shape index (κ2) is 5.52. The lowest BCUT2D eigenvalue weighted by Gasteiger charge is -2.22. The van der Waals surface area contributed by atoms with Gasteiger partial charge in [-0.15, -0.1) is 0 Å². The van der Waals surface area contributed by atoms with Gasteiger partial charge in [0.2, 0.25) is 0 Å². The standard InChI is InChI=1S/C15H15F3N2O/c1-2-4-19-15-8-7-21-5-3-10(8)20-11-6-9(16)13(17)14(18)12(11)15/h6H,2-5,7H2,1H3,(H,19,20). The molecule has 0 radical (unpaired) electrons. The molecule has 3 rings (SSSR count). The third kappa shape index (κ3) is 2.33. The molecule has 0 amide bonds. The number of pyridine rings is 1. The Morgan fingerprint density at radius 3 is 2.86 bits per heavy atom. The lowest BCUT2D eigenvalue weighted by Crippen LogP contribution is -2.16. The third-order valence-electron chi connectivity index (χ3n) is 3.58. The minimum Gasteiger partial charge on any atom is -0.384 e. The molecular weight excluding hydrogens is 281 g/mol. The predicted molar refractivity (Wildman–Crippen MR) is 73.8 cm³/mol. The van der Waals surface area contributed by atoms with Gasteiger partial charge in [0.1, 0.15) is 0 Å². The normalized spacial score (nSPS) is 14.3. The van der Waals surface area contributed by atoms with E-state index in [-0.39, 0.29) is 10.9 Å². The minimum absolute atomic E-state index is 0.00778. The Bertz CT molecular complexity index is 703. The van der Waals surface area contributed by atoms with Crippen LogP contribution in [0.5, 0.6) is 0 Å². The van der Waals surface area contributed by atoms with E-state index in [1.54, 1.807) is 0 Å². The molecule has 0 spiro atoms. The number of anilines is 1. The van der Waals surface area contributed by atoms with Crippen molar-refractivity contribution >= 4 is 16.6 Å². The Balaban J connectivity index is 2.32. The second-order valence-corrected chi connectivity index (χ2v) is 5.02. The van der Waals surface area contributed by atoms with E-state index in [1.807, 2.05) is 6.92 Å². The Kier molecular flexibility index (Phi) is 3.71. The van der Waals surface area contributed by atoms with Crippen LogP contribution in [0.4, 0.5) is 18.9 Å². The maximum atomic E-state index is 14.2. The summed E-state index contributed by atoms with van der Waals surface area (Å²) in [5.74, 6) is -3.90. The summed E-state index contributed by atoms with van der Waals surface area (Å²) < 4.78 is 46.6. The van der Waals surface area contributed by atoms with Crippen molar-refractivity contribution in [1.29, 1.82) is 0 Å². The van der Waals surface area contributed by atoms with Gasteiger partial charge in [-0.25, -0.2) is 13.2 Å². The van der Waals surface area contributed by atoms with Crippen LogP contribution in [0.25, 0.3) is 10.9 Å². The van der Waals surface area contributed by atoms with Gasteiger partial charge in [-0.05, 0) is 6.42 Å². The largest absolute Gasteiger partial charge is 0.384 e. The van der Waals surface area contributed by atoms with Crippen molar-refractivity contribution in [2.24, 2.45) is 0 Å². The fraction of sp³-hybridized carbons (Fsp3) is 0.400. The first-order chi connectivity index (χ1) is 10.1. The average Bonchev–Trinajstić information content (AvgIpc) is 2.49. The van der Waals surface area contributed by atoms with Crippen LogP contribution in [0, 0.1) is 17.5 Å². The molecule has 0 saturated heterocycles. The van der Waals surface area contributed by atoms with Crippen LogP contribution >= 0.6 is 0 Å². The zero-order valence-corrected chi connectivity index (χ0v) is 11.6. The van der Waals surface area contributed by atoms with Crippen molar-refractivity contribution in [3.8, 4) is 0 Å². The number of nitrogens with one attached hydrogen (secondary N) is 1. The fourth-order valence-electron chi connectivity index (χ4n) is 2.57. The van der Waals surface area contributed by atoms with E-state index in [0.29, 0.717) is 31.9 Å². The zero-order chi connectivity index (χ0) is 15.0. The SMILES string of the molecule is CCCNc1c2c(nc3cc(F)c(F)c(F)c13)CCOC2. The molecule has 2 heterocycles. The first kappa shape index (κ1) is 14.1. The molecule has 1 aromatic heterocycles. The highest BCUT2D eigenvalue weighted by molar-refractivity contribution is 5.94. The monoisotopic (exact) mass is 296 g/mol. The average molecular weight is 296 g/mol. The van der Waals surface area contributed by atoms with E-state index in [1.165, 1.54) is 0 Å². The molecule has 112 valence electrons. The molecule has 0 bridgehead atoms. The molecule has 0 atom stereocenters. The van der Waals surface area contributed by atoms with E-state index in [2.05, 4.69) is 10.3 Å². The molecule has 0 saturated carbocycles. The van der Waals surface area contributed by atoms with E-state index in [9.17, 15) is 13.2 Å². The molecule has 21 heavy (non-hydrogen) atoms. The van der Waals surface area contributed by atoms with Crippen LogP contribution in [0.1, 0.15) is 24.6 Å². The Morgan fingerprint density at radius 1 is 1.29 bits per heavy atom. The highest BCUT2D eigenvalue weighted by Gasteiger charge is 2.23. The number of hydrogen-bond acceptors (Lipinski definition) is 3. The smallest absolute Gasteiger partial charge is 0.195 e. The number of ether oxygens (including phenoxy) is 1. The summed E-state index contributed by atoms with van der Waals surface area (Å²) in [6.45, 7) is 3.38. The van der Waals surface area contributed by atoms with Gasteiger partial charge in [-0.2, -0.15) is 0 Å². The summed E-state index contributed by atoms with van der Waals surface area (Å²) in [6.07, 6.45) is 1.40. The molecule has 0 aliphatic carbocycles. The van der Waals surface area contributed by atoms with E-state index in [0.717, 1.165) is 23.7 Å². The lowest BCUT2D eigenvalue weighted by molar-refractivity contribution is 0.110. The summed E-state index contributed by atoms with van der Waals surface area (Å²) in [7, 11) is 0. The first-order valence-corrected chi connectivity index (χ1v) is 6.94. The number of fused-ring (bicyclic) bond motifs is 2. The molecule has 0 unspecified atom stereocenters. The van der Waals surface area contributed by atoms with Gasteiger partial charge in [0.25, 0.3) is 0 Å². The number of nitrogens with zero attached hydrogens (tertiary/aromatic N) is 1. The summed E-state index contributed by atoms with van der Waals surface area (Å²) in [5.41, 5.74) is 2.07. The van der Waals surface area contributed by atoms with Gasteiger partial charge in [0, 0.05) is 24.6 Å². The molecule has 3 nitrogen and oxygen atoms in total. The number of rotatable bonds is 3. The maximum Gasteiger partial charge on any atom is 0.195 e. The van der Waals surface area contributed by atoms with Gasteiger partial charge in [0.05, 0.1) is 35.5 Å². The van der Waals surface area contributed by atoms with Crippen LogP contribution in [0.15, 0.2) is 6.07 Å². The maximum absolute atomic E-state index is 14.2. The van der Waals surface area contributed by atoms with Crippen molar-refractivity contribution in [3.63, 3.8) is 0 Å². The number of aromatic nitrogens is 1. The highest BCUT2D eigenvalue weighted by atomic mass is 19.2. The number of benzene rings is 1. The minimum atomic E-state index is -1.47. The summed E-state index contributed by atoms with van der Waals surface area (Å²) in [4.78, 5) is 4.28. The predicted octanol–water partition coefficient (Wildman–Crippen LogP) is 3.55. The van der Waals surface area contributed by atoms with E-state index >= 15 is 0 Å². The van der Waals surface area contributed by atoms with Gasteiger partial charge < -0.3 is 10.1 Å². The summed E-state index contributed by atoms with van der Waals surface area (Å²) in [6, 6.07) is 0.945.